The molecule has 0 saturated heterocycles. The molecule has 1 aromatic rings. The van der Waals surface area contributed by atoms with E-state index in [1.54, 1.807) is 13.0 Å². The first-order chi connectivity index (χ1) is 5.93. The number of aromatic nitrogens is 1. The zero-order valence-corrected chi connectivity index (χ0v) is 8.13. The van der Waals surface area contributed by atoms with Crippen molar-refractivity contribution in [1.82, 2.24) is 4.98 Å². The van der Waals surface area contributed by atoms with Gasteiger partial charge in [0.15, 0.2) is 5.03 Å². The summed E-state index contributed by atoms with van der Waals surface area (Å²) in [5.41, 5.74) is 0.732. The molecule has 72 valence electrons. The fourth-order valence-corrected chi connectivity index (χ4v) is 1.42. The lowest BCUT2D eigenvalue weighted by Gasteiger charge is -2.02. The Morgan fingerprint density at radius 1 is 1.46 bits per heavy atom. The predicted octanol–water partition coefficient (Wildman–Crippen LogP) is 0.0460. The molecule has 1 aromatic heterocycles. The standard InChI is InChI=1S/C7H10N2O3S/c1-5-3-6(12-2)9-7(4-5)13(8,10)11/h3-4H,1-2H3,(H2,8,10,11). The maximum atomic E-state index is 10.9. The van der Waals surface area contributed by atoms with Gasteiger partial charge < -0.3 is 4.74 Å². The van der Waals surface area contributed by atoms with E-state index in [1.165, 1.54) is 13.2 Å². The fourth-order valence-electron chi connectivity index (χ4n) is 0.855. The third-order valence-corrected chi connectivity index (χ3v) is 2.22. The third-order valence-electron chi connectivity index (χ3n) is 1.42. The monoisotopic (exact) mass is 202 g/mol. The molecule has 6 heteroatoms. The van der Waals surface area contributed by atoms with Gasteiger partial charge in [0, 0.05) is 6.07 Å². The minimum Gasteiger partial charge on any atom is -0.481 e. The third kappa shape index (κ3) is 2.40. The Hall–Kier alpha value is -1.14. The van der Waals surface area contributed by atoms with Crippen molar-refractivity contribution >= 4 is 10.0 Å². The van der Waals surface area contributed by atoms with Crippen LogP contribution in [0.1, 0.15) is 5.56 Å². The summed E-state index contributed by atoms with van der Waals surface area (Å²) in [4.78, 5) is 3.69. The number of pyridine rings is 1. The van der Waals surface area contributed by atoms with E-state index < -0.39 is 10.0 Å². The average molecular weight is 202 g/mol. The summed E-state index contributed by atoms with van der Waals surface area (Å²) in [6.07, 6.45) is 0. The lowest BCUT2D eigenvalue weighted by molar-refractivity contribution is 0.393. The molecule has 0 aromatic carbocycles. The van der Waals surface area contributed by atoms with Crippen LogP contribution in [0, 0.1) is 6.92 Å². The van der Waals surface area contributed by atoms with Gasteiger partial charge >= 0.3 is 0 Å². The topological polar surface area (TPSA) is 82.3 Å². The number of hydrogen-bond acceptors (Lipinski definition) is 4. The van der Waals surface area contributed by atoms with Crippen LogP contribution in [0.4, 0.5) is 0 Å². The Balaban J connectivity index is 3.33. The molecule has 13 heavy (non-hydrogen) atoms. The van der Waals surface area contributed by atoms with Gasteiger partial charge in [-0.05, 0) is 18.6 Å². The molecule has 1 heterocycles. The SMILES string of the molecule is COc1cc(C)cc(S(N)(=O)=O)n1. The van der Waals surface area contributed by atoms with Crippen LogP contribution < -0.4 is 9.88 Å². The number of rotatable bonds is 2. The highest BCUT2D eigenvalue weighted by Crippen LogP contribution is 2.13. The van der Waals surface area contributed by atoms with Crippen LogP contribution in [-0.2, 0) is 10.0 Å². The summed E-state index contributed by atoms with van der Waals surface area (Å²) in [6.45, 7) is 1.74. The number of aryl methyl sites for hydroxylation is 1. The molecule has 0 spiro atoms. The van der Waals surface area contributed by atoms with Crippen LogP contribution in [0.3, 0.4) is 0 Å². The Kier molecular flexibility index (Phi) is 2.53. The summed E-state index contributed by atoms with van der Waals surface area (Å²) in [6, 6.07) is 3.01. The maximum absolute atomic E-state index is 10.9. The summed E-state index contributed by atoms with van der Waals surface area (Å²) in [7, 11) is -2.34. The molecule has 2 N–H and O–H groups in total. The minimum atomic E-state index is -3.75. The number of methoxy groups -OCH3 is 1. The van der Waals surface area contributed by atoms with Crippen LogP contribution in [0.25, 0.3) is 0 Å². The van der Waals surface area contributed by atoms with Crippen molar-refractivity contribution in [1.29, 1.82) is 0 Å². The minimum absolute atomic E-state index is 0.177. The van der Waals surface area contributed by atoms with Crippen molar-refractivity contribution in [2.45, 2.75) is 11.9 Å². The second-order valence-corrected chi connectivity index (χ2v) is 4.08. The van der Waals surface area contributed by atoms with Gasteiger partial charge in [-0.25, -0.2) is 18.5 Å². The summed E-state index contributed by atoms with van der Waals surface area (Å²) < 4.78 is 26.6. The van der Waals surface area contributed by atoms with E-state index in [9.17, 15) is 8.42 Å². The van der Waals surface area contributed by atoms with Crippen LogP contribution in [0.15, 0.2) is 17.2 Å². The lowest BCUT2D eigenvalue weighted by atomic mass is 10.3. The van der Waals surface area contributed by atoms with E-state index in [1.807, 2.05) is 0 Å². The van der Waals surface area contributed by atoms with Crippen LogP contribution >= 0.6 is 0 Å². The number of nitrogens with zero attached hydrogens (tertiary/aromatic N) is 1. The largest absolute Gasteiger partial charge is 0.481 e. The van der Waals surface area contributed by atoms with Gasteiger partial charge in [-0.3, -0.25) is 0 Å². The molecule has 0 amide bonds. The van der Waals surface area contributed by atoms with Crippen molar-refractivity contribution in [3.63, 3.8) is 0 Å². The Labute approximate surface area is 76.6 Å². The molecule has 0 radical (unpaired) electrons. The maximum Gasteiger partial charge on any atom is 0.255 e. The van der Waals surface area contributed by atoms with Gasteiger partial charge in [0.2, 0.25) is 5.88 Å². The Morgan fingerprint density at radius 3 is 2.54 bits per heavy atom. The van der Waals surface area contributed by atoms with Gasteiger partial charge in [0.05, 0.1) is 7.11 Å². The quantitative estimate of drug-likeness (QED) is 0.734. The van der Waals surface area contributed by atoms with E-state index in [0.717, 1.165) is 5.56 Å². The first kappa shape index (κ1) is 9.94. The van der Waals surface area contributed by atoms with Gasteiger partial charge in [0.1, 0.15) is 0 Å². The van der Waals surface area contributed by atoms with E-state index in [2.05, 4.69) is 4.98 Å². The number of nitrogens with two attached hydrogens (primary N) is 1. The molecule has 0 unspecified atom stereocenters. The van der Waals surface area contributed by atoms with Crippen molar-refractivity contribution in [2.75, 3.05) is 7.11 Å². The zero-order chi connectivity index (χ0) is 10.1. The highest BCUT2D eigenvalue weighted by Gasteiger charge is 2.11. The summed E-state index contributed by atoms with van der Waals surface area (Å²) in [5.74, 6) is 0.240. The van der Waals surface area contributed by atoms with Crippen LogP contribution in [0.2, 0.25) is 0 Å². The molecule has 0 bridgehead atoms. The van der Waals surface area contributed by atoms with Crippen LogP contribution in [0.5, 0.6) is 5.88 Å². The van der Waals surface area contributed by atoms with E-state index in [4.69, 9.17) is 9.88 Å². The Bertz CT molecular complexity index is 414. The van der Waals surface area contributed by atoms with Gasteiger partial charge in [-0.15, -0.1) is 0 Å². The zero-order valence-electron chi connectivity index (χ0n) is 7.31. The number of sulfonamides is 1. The van der Waals surface area contributed by atoms with Crippen molar-refractivity contribution in [3.05, 3.63) is 17.7 Å². The highest BCUT2D eigenvalue weighted by atomic mass is 32.2. The smallest absolute Gasteiger partial charge is 0.255 e. The molecule has 1 rings (SSSR count). The van der Waals surface area contributed by atoms with Gasteiger partial charge in [-0.2, -0.15) is 0 Å². The van der Waals surface area contributed by atoms with Crippen molar-refractivity contribution < 1.29 is 13.2 Å². The second-order valence-electron chi connectivity index (χ2n) is 2.57. The van der Waals surface area contributed by atoms with Crippen molar-refractivity contribution in [2.24, 2.45) is 5.14 Å². The normalized spacial score (nSPS) is 11.3. The molecule has 5 nitrogen and oxygen atoms in total. The first-order valence-electron chi connectivity index (χ1n) is 3.49. The van der Waals surface area contributed by atoms with E-state index in [0.29, 0.717) is 0 Å². The summed E-state index contributed by atoms with van der Waals surface area (Å²) in [5, 5.41) is 4.73. The fraction of sp³-hybridized carbons (Fsp3) is 0.286. The number of primary sulfonamides is 1. The number of hydrogen-bond donors (Lipinski definition) is 1. The van der Waals surface area contributed by atoms with Crippen LogP contribution in [-0.4, -0.2) is 20.5 Å². The second kappa shape index (κ2) is 3.31. The molecule has 0 fully saturated rings. The van der Waals surface area contributed by atoms with Gasteiger partial charge in [0.25, 0.3) is 10.0 Å². The molecule has 0 aliphatic carbocycles. The van der Waals surface area contributed by atoms with Crippen molar-refractivity contribution in [3.8, 4) is 5.88 Å². The molecule has 0 aliphatic rings. The molecular formula is C7H10N2O3S. The highest BCUT2D eigenvalue weighted by molar-refractivity contribution is 7.89. The summed E-state index contributed by atoms with van der Waals surface area (Å²) >= 11 is 0. The average Bonchev–Trinajstić information content (AvgIpc) is 2.01. The molecule has 0 aliphatic heterocycles. The van der Waals surface area contributed by atoms with E-state index in [-0.39, 0.29) is 10.9 Å². The Morgan fingerprint density at radius 2 is 2.08 bits per heavy atom. The van der Waals surface area contributed by atoms with Gasteiger partial charge in [-0.1, -0.05) is 0 Å². The lowest BCUT2D eigenvalue weighted by Crippen LogP contribution is -2.14. The molecule has 0 atom stereocenters. The molecule has 0 saturated carbocycles. The predicted molar refractivity (Wildman–Crippen MR) is 46.9 cm³/mol. The number of ether oxygens (including phenoxy) is 1. The molecular weight excluding hydrogens is 192 g/mol. The first-order valence-corrected chi connectivity index (χ1v) is 5.03. The van der Waals surface area contributed by atoms with E-state index >= 15 is 0 Å².